The van der Waals surface area contributed by atoms with Crippen molar-refractivity contribution in [1.29, 1.82) is 5.26 Å². The van der Waals surface area contributed by atoms with E-state index in [1.165, 1.54) is 12.3 Å². The minimum Gasteiger partial charge on any atom is -0.319 e. The zero-order chi connectivity index (χ0) is 12.7. The van der Waals surface area contributed by atoms with Crippen LogP contribution in [0.2, 0.25) is 0 Å². The van der Waals surface area contributed by atoms with Gasteiger partial charge in [0.25, 0.3) is 0 Å². The highest BCUT2D eigenvalue weighted by Gasteiger charge is 2.14. The van der Waals surface area contributed by atoms with Crippen LogP contribution in [0.1, 0.15) is 17.7 Å². The average Bonchev–Trinajstić information content (AvgIpc) is 2.34. The van der Waals surface area contributed by atoms with Crippen LogP contribution in [0.25, 0.3) is 0 Å². The fraction of sp³-hybridized carbons (Fsp3) is 0.273. The van der Waals surface area contributed by atoms with Crippen LogP contribution in [0.4, 0.5) is 5.69 Å². The van der Waals surface area contributed by atoms with Gasteiger partial charge in [-0.2, -0.15) is 5.26 Å². The molecular formula is C11H10N4O2. The molecule has 1 aromatic heterocycles. The summed E-state index contributed by atoms with van der Waals surface area (Å²) < 4.78 is 0. The molecule has 0 saturated heterocycles. The molecule has 1 aromatic rings. The third-order valence-corrected chi connectivity index (χ3v) is 1.90. The fourth-order valence-electron chi connectivity index (χ4n) is 1.10. The maximum absolute atomic E-state index is 10.7. The van der Waals surface area contributed by atoms with E-state index in [1.807, 2.05) is 7.05 Å². The number of nitrogens with one attached hydrogen (secondary N) is 1. The Balaban J connectivity index is 2.96. The second-order valence-electron chi connectivity index (χ2n) is 3.12. The molecule has 0 fully saturated rings. The van der Waals surface area contributed by atoms with E-state index in [4.69, 9.17) is 5.26 Å². The number of aromatic nitrogens is 1. The molecule has 6 heteroatoms. The molecule has 1 heterocycles. The van der Waals surface area contributed by atoms with Crippen molar-refractivity contribution < 1.29 is 4.92 Å². The lowest BCUT2D eigenvalue weighted by atomic mass is 10.2. The molecule has 0 saturated carbocycles. The molecule has 1 N–H and O–H groups in total. The molecule has 6 nitrogen and oxygen atoms in total. The highest BCUT2D eigenvalue weighted by Crippen LogP contribution is 2.16. The van der Waals surface area contributed by atoms with Crippen LogP contribution in [0.5, 0.6) is 0 Å². The average molecular weight is 230 g/mol. The highest BCUT2D eigenvalue weighted by atomic mass is 16.6. The lowest BCUT2D eigenvalue weighted by Crippen LogP contribution is -2.05. The number of nitro groups is 1. The quantitative estimate of drug-likeness (QED) is 0.359. The Hall–Kier alpha value is -2.44. The maximum Gasteiger partial charge on any atom is 0.306 e. The summed E-state index contributed by atoms with van der Waals surface area (Å²) in [6.07, 6.45) is 2.00. The summed E-state index contributed by atoms with van der Waals surface area (Å²) in [6, 6.07) is 2.93. The van der Waals surface area contributed by atoms with Gasteiger partial charge in [0, 0.05) is 30.8 Å². The van der Waals surface area contributed by atoms with Gasteiger partial charge in [0.15, 0.2) is 0 Å². The molecule has 86 valence electrons. The Kier molecular flexibility index (Phi) is 4.61. The number of nitriles is 1. The Labute approximate surface area is 98.4 Å². The Morgan fingerprint density at radius 2 is 2.41 bits per heavy atom. The van der Waals surface area contributed by atoms with Crippen molar-refractivity contribution in [2.75, 3.05) is 13.6 Å². The van der Waals surface area contributed by atoms with Gasteiger partial charge in [0.2, 0.25) is 5.69 Å². The number of nitrogens with zero attached hydrogens (tertiary/aromatic N) is 3. The molecule has 0 aliphatic rings. The SMILES string of the molecule is CNCCC#Cc1cnc(C#N)c([N+](=O)[O-])c1. The third kappa shape index (κ3) is 3.56. The van der Waals surface area contributed by atoms with E-state index in [1.54, 1.807) is 6.07 Å². The molecule has 0 aromatic carbocycles. The minimum absolute atomic E-state index is 0.198. The lowest BCUT2D eigenvalue weighted by molar-refractivity contribution is -0.385. The molecule has 0 bridgehead atoms. The van der Waals surface area contributed by atoms with Crippen molar-refractivity contribution >= 4 is 5.69 Å². The molecule has 0 spiro atoms. The van der Waals surface area contributed by atoms with Crippen LogP contribution < -0.4 is 5.32 Å². The summed E-state index contributed by atoms with van der Waals surface area (Å²) in [6.45, 7) is 0.749. The maximum atomic E-state index is 10.7. The van der Waals surface area contributed by atoms with Gasteiger partial charge in [-0.05, 0) is 7.05 Å². The van der Waals surface area contributed by atoms with E-state index in [0.717, 1.165) is 6.54 Å². The summed E-state index contributed by atoms with van der Waals surface area (Å²) >= 11 is 0. The smallest absolute Gasteiger partial charge is 0.306 e. The first-order valence-electron chi connectivity index (χ1n) is 4.87. The van der Waals surface area contributed by atoms with Crippen molar-refractivity contribution in [2.45, 2.75) is 6.42 Å². The second-order valence-corrected chi connectivity index (χ2v) is 3.12. The zero-order valence-corrected chi connectivity index (χ0v) is 9.23. The van der Waals surface area contributed by atoms with E-state index in [2.05, 4.69) is 22.1 Å². The molecule has 17 heavy (non-hydrogen) atoms. The van der Waals surface area contributed by atoms with E-state index >= 15 is 0 Å². The first-order valence-corrected chi connectivity index (χ1v) is 4.87. The van der Waals surface area contributed by atoms with Gasteiger partial charge in [-0.15, -0.1) is 0 Å². The van der Waals surface area contributed by atoms with Crippen LogP contribution in [0.15, 0.2) is 12.3 Å². The predicted molar refractivity (Wildman–Crippen MR) is 61.0 cm³/mol. The van der Waals surface area contributed by atoms with Crippen LogP contribution in [0.3, 0.4) is 0 Å². The lowest BCUT2D eigenvalue weighted by Gasteiger charge is -1.94. The van der Waals surface area contributed by atoms with Gasteiger partial charge in [-0.1, -0.05) is 11.8 Å². The summed E-state index contributed by atoms with van der Waals surface area (Å²) in [5.41, 5.74) is -0.0736. The largest absolute Gasteiger partial charge is 0.319 e. The van der Waals surface area contributed by atoms with Crippen LogP contribution in [-0.2, 0) is 0 Å². The molecular weight excluding hydrogens is 220 g/mol. The van der Waals surface area contributed by atoms with E-state index in [0.29, 0.717) is 12.0 Å². The van der Waals surface area contributed by atoms with Gasteiger partial charge >= 0.3 is 5.69 Å². The van der Waals surface area contributed by atoms with Crippen molar-refractivity contribution in [3.63, 3.8) is 0 Å². The fourth-order valence-corrected chi connectivity index (χ4v) is 1.10. The molecule has 0 aliphatic heterocycles. The molecule has 0 amide bonds. The predicted octanol–water partition coefficient (Wildman–Crippen LogP) is 0.822. The summed E-state index contributed by atoms with van der Waals surface area (Å²) in [5, 5.41) is 22.2. The standard InChI is InChI=1S/C11H10N4O2/c1-13-5-3-2-4-9-6-11(15(16)17)10(7-12)14-8-9/h6,8,13H,3,5H2,1H3. The van der Waals surface area contributed by atoms with Gasteiger partial charge in [-0.25, -0.2) is 4.98 Å². The summed E-state index contributed by atoms with van der Waals surface area (Å²) in [5.74, 6) is 5.61. The minimum atomic E-state index is -0.635. The number of pyridine rings is 1. The van der Waals surface area contributed by atoms with Gasteiger partial charge < -0.3 is 5.32 Å². The van der Waals surface area contributed by atoms with Crippen LogP contribution in [0, 0.1) is 33.3 Å². The normalized spacial score (nSPS) is 8.94. The second kappa shape index (κ2) is 6.21. The van der Waals surface area contributed by atoms with Crippen LogP contribution in [-0.4, -0.2) is 23.5 Å². The van der Waals surface area contributed by atoms with Crippen molar-refractivity contribution in [2.24, 2.45) is 0 Å². The highest BCUT2D eigenvalue weighted by molar-refractivity contribution is 5.49. The number of hydrogen-bond acceptors (Lipinski definition) is 5. The number of rotatable bonds is 3. The number of hydrogen-bond donors (Lipinski definition) is 1. The topological polar surface area (TPSA) is 91.8 Å². The molecule has 0 aliphatic carbocycles. The molecule has 1 rings (SSSR count). The van der Waals surface area contributed by atoms with E-state index in [9.17, 15) is 10.1 Å². The monoisotopic (exact) mass is 230 g/mol. The Morgan fingerprint density at radius 1 is 1.65 bits per heavy atom. The van der Waals surface area contributed by atoms with Gasteiger partial charge in [0.05, 0.1) is 4.92 Å². The van der Waals surface area contributed by atoms with Gasteiger partial charge in [0.1, 0.15) is 6.07 Å². The van der Waals surface area contributed by atoms with Crippen molar-refractivity contribution in [1.82, 2.24) is 10.3 Å². The van der Waals surface area contributed by atoms with Gasteiger partial charge in [-0.3, -0.25) is 10.1 Å². The molecule has 0 unspecified atom stereocenters. The Bertz CT molecular complexity index is 522. The van der Waals surface area contributed by atoms with Crippen LogP contribution >= 0.6 is 0 Å². The van der Waals surface area contributed by atoms with Crippen molar-refractivity contribution in [3.05, 3.63) is 33.6 Å². The summed E-state index contributed by atoms with van der Waals surface area (Å²) in [7, 11) is 1.82. The first kappa shape index (κ1) is 12.6. The third-order valence-electron chi connectivity index (χ3n) is 1.90. The first-order chi connectivity index (χ1) is 8.19. The zero-order valence-electron chi connectivity index (χ0n) is 9.23. The Morgan fingerprint density at radius 3 is 3.00 bits per heavy atom. The van der Waals surface area contributed by atoms with E-state index < -0.39 is 4.92 Å². The molecule has 0 atom stereocenters. The summed E-state index contributed by atoms with van der Waals surface area (Å²) in [4.78, 5) is 13.7. The van der Waals surface area contributed by atoms with E-state index in [-0.39, 0.29) is 11.4 Å². The van der Waals surface area contributed by atoms with Crippen molar-refractivity contribution in [3.8, 4) is 17.9 Å². The molecule has 0 radical (unpaired) electrons.